The van der Waals surface area contributed by atoms with Crippen LogP contribution in [0.2, 0.25) is 0 Å². The van der Waals surface area contributed by atoms with Crippen molar-refractivity contribution in [2.75, 3.05) is 22.1 Å². The van der Waals surface area contributed by atoms with Gasteiger partial charge in [0.15, 0.2) is 6.61 Å². The van der Waals surface area contributed by atoms with Gasteiger partial charge in [0.05, 0.1) is 22.4 Å². The van der Waals surface area contributed by atoms with Crippen LogP contribution in [0.1, 0.15) is 38.0 Å². The third kappa shape index (κ3) is 4.68. The van der Waals surface area contributed by atoms with Gasteiger partial charge in [0, 0.05) is 18.3 Å². The van der Waals surface area contributed by atoms with Crippen LogP contribution in [0.25, 0.3) is 0 Å². The second kappa shape index (κ2) is 9.37. The fraction of sp³-hybridized carbons (Fsp3) is 0.0800. The first-order chi connectivity index (χ1) is 16.3. The van der Waals surface area contributed by atoms with E-state index in [0.29, 0.717) is 28.2 Å². The number of nitrogens with zero attached hydrogens (tertiary/aromatic N) is 1. The Morgan fingerprint density at radius 2 is 1.38 bits per heavy atom. The van der Waals surface area contributed by atoms with Crippen molar-refractivity contribution < 1.29 is 28.7 Å². The molecule has 0 saturated carbocycles. The smallest absolute Gasteiger partial charge is 0.338 e. The van der Waals surface area contributed by atoms with Crippen LogP contribution in [-0.4, -0.2) is 36.2 Å². The van der Waals surface area contributed by atoms with Crippen LogP contribution in [0.15, 0.2) is 72.8 Å². The van der Waals surface area contributed by atoms with Gasteiger partial charge in [0.1, 0.15) is 0 Å². The Labute approximate surface area is 194 Å². The van der Waals surface area contributed by atoms with E-state index >= 15 is 0 Å². The Balaban J connectivity index is 1.35. The van der Waals surface area contributed by atoms with Crippen molar-refractivity contribution in [1.29, 1.82) is 0 Å². The number of benzene rings is 3. The van der Waals surface area contributed by atoms with Crippen molar-refractivity contribution in [2.24, 2.45) is 0 Å². The van der Waals surface area contributed by atoms with Crippen LogP contribution in [0.5, 0.6) is 0 Å². The Kier molecular flexibility index (Phi) is 6.18. The van der Waals surface area contributed by atoms with Crippen LogP contribution in [0, 0.1) is 0 Å². The molecule has 170 valence electrons. The van der Waals surface area contributed by atoms with Gasteiger partial charge in [0.25, 0.3) is 17.7 Å². The summed E-state index contributed by atoms with van der Waals surface area (Å²) in [6.45, 7) is 0.848. The van der Waals surface area contributed by atoms with Crippen molar-refractivity contribution in [3.8, 4) is 0 Å². The lowest BCUT2D eigenvalue weighted by Crippen LogP contribution is -2.29. The van der Waals surface area contributed by atoms with Gasteiger partial charge in [-0.25, -0.2) is 9.69 Å². The molecular weight excluding hydrogens is 438 g/mol. The van der Waals surface area contributed by atoms with E-state index in [2.05, 4.69) is 10.6 Å². The second-order valence-corrected chi connectivity index (χ2v) is 7.42. The summed E-state index contributed by atoms with van der Waals surface area (Å²) >= 11 is 0. The van der Waals surface area contributed by atoms with E-state index in [1.54, 1.807) is 48.5 Å². The van der Waals surface area contributed by atoms with Crippen molar-refractivity contribution in [1.82, 2.24) is 0 Å². The van der Waals surface area contributed by atoms with E-state index in [-0.39, 0.29) is 11.5 Å². The first-order valence-corrected chi connectivity index (χ1v) is 10.3. The van der Waals surface area contributed by atoms with Crippen molar-refractivity contribution in [3.05, 3.63) is 89.5 Å². The highest BCUT2D eigenvalue weighted by Gasteiger charge is 2.36. The predicted octanol–water partition coefficient (Wildman–Crippen LogP) is 3.24. The normalized spacial score (nSPS) is 12.2. The van der Waals surface area contributed by atoms with Gasteiger partial charge in [0.2, 0.25) is 5.91 Å². The van der Waals surface area contributed by atoms with Crippen molar-refractivity contribution >= 4 is 46.7 Å². The minimum Gasteiger partial charge on any atom is -0.452 e. The molecule has 1 aliphatic heterocycles. The molecule has 4 rings (SSSR count). The van der Waals surface area contributed by atoms with Crippen LogP contribution >= 0.6 is 0 Å². The van der Waals surface area contributed by atoms with E-state index in [9.17, 15) is 24.0 Å². The van der Waals surface area contributed by atoms with Crippen LogP contribution in [-0.2, 0) is 14.3 Å². The topological polar surface area (TPSA) is 122 Å². The highest BCUT2D eigenvalue weighted by molar-refractivity contribution is 6.34. The number of carbonyl (C=O) groups excluding carboxylic acids is 5. The van der Waals surface area contributed by atoms with Gasteiger partial charge in [-0.1, -0.05) is 18.2 Å². The summed E-state index contributed by atoms with van der Waals surface area (Å²) in [7, 11) is 0. The standard InChI is InChI=1S/C25H19N3O6/c1-15(29)26-17-5-4-6-18(13-17)27-22(30)14-34-25(33)16-9-11-19(12-10-16)28-23(31)20-7-2-3-8-21(20)24(28)32/h2-13H,14H2,1H3,(H,26,29)(H,27,30). The average molecular weight is 457 g/mol. The summed E-state index contributed by atoms with van der Waals surface area (Å²) in [5.74, 6) is -2.41. The molecule has 4 amide bonds. The number of carbonyl (C=O) groups is 5. The summed E-state index contributed by atoms with van der Waals surface area (Å²) < 4.78 is 5.05. The highest BCUT2D eigenvalue weighted by Crippen LogP contribution is 2.28. The molecule has 0 saturated heterocycles. The molecule has 1 aliphatic rings. The number of amides is 4. The summed E-state index contributed by atoms with van der Waals surface area (Å²) in [6.07, 6.45) is 0. The fourth-order valence-electron chi connectivity index (χ4n) is 3.46. The molecule has 0 atom stereocenters. The summed E-state index contributed by atoms with van der Waals surface area (Å²) in [4.78, 5) is 61.8. The Hall–Kier alpha value is -4.79. The molecule has 9 nitrogen and oxygen atoms in total. The van der Waals surface area contributed by atoms with Crippen molar-refractivity contribution in [3.63, 3.8) is 0 Å². The predicted molar refractivity (Wildman–Crippen MR) is 124 cm³/mol. The maximum absolute atomic E-state index is 12.6. The lowest BCUT2D eigenvalue weighted by molar-refractivity contribution is -0.119. The number of fused-ring (bicyclic) bond motifs is 1. The number of hydrogen-bond donors (Lipinski definition) is 2. The molecule has 0 aromatic heterocycles. The molecule has 9 heteroatoms. The highest BCUT2D eigenvalue weighted by atomic mass is 16.5. The maximum atomic E-state index is 12.6. The number of hydrogen-bond acceptors (Lipinski definition) is 6. The number of nitrogens with one attached hydrogen (secondary N) is 2. The zero-order chi connectivity index (χ0) is 24.2. The van der Waals surface area contributed by atoms with Crippen molar-refractivity contribution in [2.45, 2.75) is 6.92 Å². The zero-order valence-corrected chi connectivity index (χ0v) is 18.0. The van der Waals surface area contributed by atoms with Gasteiger partial charge >= 0.3 is 5.97 Å². The molecule has 3 aromatic rings. The molecule has 0 spiro atoms. The molecule has 2 N–H and O–H groups in total. The summed E-state index contributed by atoms with van der Waals surface area (Å²) in [5, 5.41) is 5.18. The Bertz CT molecular complexity index is 1280. The number of imide groups is 1. The molecular formula is C25H19N3O6. The van der Waals surface area contributed by atoms with Crippen LogP contribution in [0.4, 0.5) is 17.1 Å². The molecule has 0 bridgehead atoms. The second-order valence-electron chi connectivity index (χ2n) is 7.42. The van der Waals surface area contributed by atoms with Crippen LogP contribution in [0.3, 0.4) is 0 Å². The largest absolute Gasteiger partial charge is 0.452 e. The van der Waals surface area contributed by atoms with E-state index in [4.69, 9.17) is 4.74 Å². The van der Waals surface area contributed by atoms with E-state index in [0.717, 1.165) is 4.90 Å². The Morgan fingerprint density at radius 3 is 1.97 bits per heavy atom. The van der Waals surface area contributed by atoms with Gasteiger partial charge < -0.3 is 15.4 Å². The lowest BCUT2D eigenvalue weighted by Gasteiger charge is -2.14. The van der Waals surface area contributed by atoms with Gasteiger partial charge in [-0.3, -0.25) is 19.2 Å². The van der Waals surface area contributed by atoms with Gasteiger partial charge in [-0.15, -0.1) is 0 Å². The zero-order valence-electron chi connectivity index (χ0n) is 18.0. The molecule has 0 unspecified atom stereocenters. The quantitative estimate of drug-likeness (QED) is 0.433. The number of esters is 1. The van der Waals surface area contributed by atoms with E-state index < -0.39 is 30.3 Å². The SMILES string of the molecule is CC(=O)Nc1cccc(NC(=O)COC(=O)c2ccc(N3C(=O)c4ccccc4C3=O)cc2)c1. The average Bonchev–Trinajstić information content (AvgIpc) is 3.07. The third-order valence-corrected chi connectivity index (χ3v) is 4.96. The van der Waals surface area contributed by atoms with Gasteiger partial charge in [-0.05, 0) is 54.6 Å². The van der Waals surface area contributed by atoms with E-state index in [1.807, 2.05) is 0 Å². The molecule has 0 fully saturated rings. The number of rotatable bonds is 6. The summed E-state index contributed by atoms with van der Waals surface area (Å²) in [6, 6.07) is 18.8. The van der Waals surface area contributed by atoms with Gasteiger partial charge in [-0.2, -0.15) is 0 Å². The first-order valence-electron chi connectivity index (χ1n) is 10.3. The minimum atomic E-state index is -0.740. The van der Waals surface area contributed by atoms with E-state index in [1.165, 1.54) is 31.2 Å². The monoisotopic (exact) mass is 457 g/mol. The summed E-state index contributed by atoms with van der Waals surface area (Å²) in [5.41, 5.74) is 2.06. The fourth-order valence-corrected chi connectivity index (χ4v) is 3.46. The minimum absolute atomic E-state index is 0.154. The number of anilines is 3. The maximum Gasteiger partial charge on any atom is 0.338 e. The third-order valence-electron chi connectivity index (χ3n) is 4.96. The molecule has 3 aromatic carbocycles. The molecule has 0 aliphatic carbocycles. The Morgan fingerprint density at radius 1 is 0.794 bits per heavy atom. The molecule has 34 heavy (non-hydrogen) atoms. The molecule has 1 heterocycles. The molecule has 0 radical (unpaired) electrons. The first kappa shape index (κ1) is 22.4. The lowest BCUT2D eigenvalue weighted by atomic mass is 10.1. The van der Waals surface area contributed by atoms with Crippen LogP contribution < -0.4 is 15.5 Å². The number of ether oxygens (including phenoxy) is 1.